The lowest BCUT2D eigenvalue weighted by atomic mass is 9.94. The van der Waals surface area contributed by atoms with Crippen molar-refractivity contribution in [2.24, 2.45) is 5.92 Å². The number of hydrogen-bond donors (Lipinski definition) is 1. The van der Waals surface area contributed by atoms with Gasteiger partial charge in [-0.1, -0.05) is 6.92 Å². The molecule has 1 saturated heterocycles. The van der Waals surface area contributed by atoms with Crippen molar-refractivity contribution in [2.45, 2.75) is 45.8 Å². The molecule has 0 amide bonds. The first-order valence-electron chi connectivity index (χ1n) is 6.48. The number of rotatable bonds is 2. The van der Waals surface area contributed by atoms with Crippen molar-refractivity contribution in [3.63, 3.8) is 0 Å². The van der Waals surface area contributed by atoms with Crippen molar-refractivity contribution in [3.8, 4) is 0 Å². The first-order chi connectivity index (χ1) is 8.08. The Morgan fingerprint density at radius 3 is 2.71 bits per heavy atom. The molecule has 1 fully saturated rings. The number of piperidine rings is 1. The Labute approximate surface area is 103 Å². The summed E-state index contributed by atoms with van der Waals surface area (Å²) in [6.07, 6.45) is 3.97. The molecule has 0 saturated carbocycles. The van der Waals surface area contributed by atoms with E-state index in [2.05, 4.69) is 29.8 Å². The van der Waals surface area contributed by atoms with Gasteiger partial charge in [0.2, 0.25) is 0 Å². The zero-order chi connectivity index (χ0) is 12.4. The first kappa shape index (κ1) is 12.4. The van der Waals surface area contributed by atoms with E-state index < -0.39 is 6.10 Å². The average molecular weight is 234 g/mol. The highest BCUT2D eigenvalue weighted by molar-refractivity contribution is 5.46. The molecule has 1 aromatic rings. The number of pyridine rings is 1. The van der Waals surface area contributed by atoms with Gasteiger partial charge >= 0.3 is 0 Å². The number of aliphatic hydroxyl groups is 1. The number of anilines is 1. The standard InChI is InChI=1S/C14H22N2O/c1-10-4-5-11(2)16(9-10)13-6-7-14(12(3)17)15-8-13/h6-8,10-12,17H,4-5,9H2,1-3H3/t10?,11?,12-/m1/s1. The third-order valence-corrected chi connectivity index (χ3v) is 3.65. The van der Waals surface area contributed by atoms with Gasteiger partial charge in [0.15, 0.2) is 0 Å². The highest BCUT2D eigenvalue weighted by Crippen LogP contribution is 2.27. The number of nitrogens with zero attached hydrogens (tertiary/aromatic N) is 2. The Hall–Kier alpha value is -1.09. The fourth-order valence-corrected chi connectivity index (χ4v) is 2.46. The molecule has 1 aliphatic heterocycles. The van der Waals surface area contributed by atoms with Crippen LogP contribution in [0, 0.1) is 5.92 Å². The molecule has 1 aromatic heterocycles. The maximum atomic E-state index is 9.44. The van der Waals surface area contributed by atoms with Gasteiger partial charge in [0, 0.05) is 12.6 Å². The average Bonchev–Trinajstić information content (AvgIpc) is 2.32. The van der Waals surface area contributed by atoms with Crippen LogP contribution in [0.4, 0.5) is 5.69 Å². The molecule has 0 bridgehead atoms. The predicted molar refractivity (Wildman–Crippen MR) is 70.1 cm³/mol. The van der Waals surface area contributed by atoms with Crippen molar-refractivity contribution in [1.29, 1.82) is 0 Å². The second-order valence-corrected chi connectivity index (χ2v) is 5.30. The monoisotopic (exact) mass is 234 g/mol. The largest absolute Gasteiger partial charge is 0.387 e. The van der Waals surface area contributed by atoms with E-state index in [0.29, 0.717) is 6.04 Å². The molecule has 2 unspecified atom stereocenters. The molecule has 1 N–H and O–H groups in total. The number of aliphatic hydroxyl groups excluding tert-OH is 1. The number of aromatic nitrogens is 1. The summed E-state index contributed by atoms with van der Waals surface area (Å²) in [6, 6.07) is 4.58. The molecule has 0 spiro atoms. The molecule has 0 aromatic carbocycles. The van der Waals surface area contributed by atoms with Gasteiger partial charge in [-0.25, -0.2) is 0 Å². The van der Waals surface area contributed by atoms with Crippen molar-refractivity contribution in [2.75, 3.05) is 11.4 Å². The summed E-state index contributed by atoms with van der Waals surface area (Å²) in [5.41, 5.74) is 1.92. The summed E-state index contributed by atoms with van der Waals surface area (Å²) in [7, 11) is 0. The highest BCUT2D eigenvalue weighted by atomic mass is 16.3. The SMILES string of the molecule is CC1CCC(C)N(c2ccc([C@@H](C)O)nc2)C1. The fraction of sp³-hybridized carbons (Fsp3) is 0.643. The Morgan fingerprint density at radius 2 is 2.12 bits per heavy atom. The molecule has 2 rings (SSSR count). The maximum absolute atomic E-state index is 9.44. The summed E-state index contributed by atoms with van der Waals surface area (Å²) >= 11 is 0. The van der Waals surface area contributed by atoms with Crippen molar-refractivity contribution in [3.05, 3.63) is 24.0 Å². The summed E-state index contributed by atoms with van der Waals surface area (Å²) < 4.78 is 0. The summed E-state index contributed by atoms with van der Waals surface area (Å²) in [5.74, 6) is 0.752. The molecule has 17 heavy (non-hydrogen) atoms. The zero-order valence-electron chi connectivity index (χ0n) is 10.9. The Kier molecular flexibility index (Phi) is 3.67. The van der Waals surface area contributed by atoms with Crippen LogP contribution in [0.15, 0.2) is 18.3 Å². The summed E-state index contributed by atoms with van der Waals surface area (Å²) in [4.78, 5) is 6.74. The van der Waals surface area contributed by atoms with Gasteiger partial charge in [-0.3, -0.25) is 4.98 Å². The third-order valence-electron chi connectivity index (χ3n) is 3.65. The molecule has 0 radical (unpaired) electrons. The van der Waals surface area contributed by atoms with Crippen molar-refractivity contribution in [1.82, 2.24) is 4.98 Å². The van der Waals surface area contributed by atoms with Gasteiger partial charge < -0.3 is 10.0 Å². The maximum Gasteiger partial charge on any atom is 0.0931 e. The minimum absolute atomic E-state index is 0.484. The summed E-state index contributed by atoms with van der Waals surface area (Å²) in [5, 5.41) is 9.44. The van der Waals surface area contributed by atoms with E-state index in [-0.39, 0.29) is 0 Å². The van der Waals surface area contributed by atoms with Crippen LogP contribution in [0.3, 0.4) is 0 Å². The lowest BCUT2D eigenvalue weighted by molar-refractivity contribution is 0.194. The first-order valence-corrected chi connectivity index (χ1v) is 6.48. The molecule has 0 aliphatic carbocycles. The molecule has 3 heteroatoms. The Balaban J connectivity index is 2.15. The van der Waals surface area contributed by atoms with E-state index in [9.17, 15) is 5.11 Å². The lowest BCUT2D eigenvalue weighted by Crippen LogP contribution is -2.41. The van der Waals surface area contributed by atoms with Gasteiger partial charge in [0.25, 0.3) is 0 Å². The van der Waals surface area contributed by atoms with E-state index in [1.54, 1.807) is 6.92 Å². The molecule has 1 aliphatic rings. The second kappa shape index (κ2) is 5.05. The molecule has 2 heterocycles. The van der Waals surface area contributed by atoms with Crippen molar-refractivity contribution < 1.29 is 5.11 Å². The van der Waals surface area contributed by atoms with Crippen LogP contribution >= 0.6 is 0 Å². The summed E-state index contributed by atoms with van der Waals surface area (Å²) in [6.45, 7) is 7.43. The Bertz CT molecular complexity index is 361. The van der Waals surface area contributed by atoms with E-state index in [0.717, 1.165) is 18.2 Å². The van der Waals surface area contributed by atoms with E-state index >= 15 is 0 Å². The van der Waals surface area contributed by atoms with Crippen molar-refractivity contribution >= 4 is 5.69 Å². The Morgan fingerprint density at radius 1 is 1.35 bits per heavy atom. The van der Waals surface area contributed by atoms with Crippen LogP contribution in [0.2, 0.25) is 0 Å². The fourth-order valence-electron chi connectivity index (χ4n) is 2.46. The molecule has 3 nitrogen and oxygen atoms in total. The van der Waals surface area contributed by atoms with Gasteiger partial charge in [-0.2, -0.15) is 0 Å². The van der Waals surface area contributed by atoms with Crippen LogP contribution in [-0.4, -0.2) is 22.7 Å². The highest BCUT2D eigenvalue weighted by Gasteiger charge is 2.23. The molecule has 3 atom stereocenters. The molecular weight excluding hydrogens is 212 g/mol. The number of hydrogen-bond acceptors (Lipinski definition) is 3. The second-order valence-electron chi connectivity index (χ2n) is 5.30. The minimum atomic E-state index is -0.484. The topological polar surface area (TPSA) is 36.4 Å². The van der Waals surface area contributed by atoms with Gasteiger partial charge in [0.1, 0.15) is 0 Å². The van der Waals surface area contributed by atoms with Crippen LogP contribution in [0.5, 0.6) is 0 Å². The smallest absolute Gasteiger partial charge is 0.0931 e. The molecule has 94 valence electrons. The predicted octanol–water partition coefficient (Wildman–Crippen LogP) is 2.76. The van der Waals surface area contributed by atoms with Crippen LogP contribution in [0.25, 0.3) is 0 Å². The normalized spacial score (nSPS) is 26.9. The van der Waals surface area contributed by atoms with E-state index in [4.69, 9.17) is 0 Å². The minimum Gasteiger partial charge on any atom is -0.387 e. The van der Waals surface area contributed by atoms with Gasteiger partial charge in [-0.15, -0.1) is 0 Å². The van der Waals surface area contributed by atoms with Crippen LogP contribution < -0.4 is 4.90 Å². The quantitative estimate of drug-likeness (QED) is 0.854. The van der Waals surface area contributed by atoms with E-state index in [1.165, 1.54) is 18.5 Å². The van der Waals surface area contributed by atoms with Gasteiger partial charge in [0.05, 0.1) is 23.7 Å². The molecular formula is C14H22N2O. The van der Waals surface area contributed by atoms with Crippen LogP contribution in [-0.2, 0) is 0 Å². The third kappa shape index (κ3) is 2.78. The zero-order valence-corrected chi connectivity index (χ0v) is 10.9. The van der Waals surface area contributed by atoms with Crippen LogP contribution in [0.1, 0.15) is 45.4 Å². The lowest BCUT2D eigenvalue weighted by Gasteiger charge is -2.38. The van der Waals surface area contributed by atoms with Gasteiger partial charge in [-0.05, 0) is 44.7 Å². The van der Waals surface area contributed by atoms with E-state index in [1.807, 2.05) is 12.3 Å².